The van der Waals surface area contributed by atoms with Gasteiger partial charge in [-0.25, -0.2) is 0 Å². The van der Waals surface area contributed by atoms with Crippen LogP contribution in [0, 0.1) is 5.92 Å². The molecule has 2 rings (SSSR count). The van der Waals surface area contributed by atoms with E-state index in [1.54, 1.807) is 23.1 Å². The number of hydrogen-bond acceptors (Lipinski definition) is 3. The van der Waals surface area contributed by atoms with E-state index in [2.05, 4.69) is 0 Å². The number of carbonyl (C=O) groups is 2. The van der Waals surface area contributed by atoms with Gasteiger partial charge in [-0.3, -0.25) is 9.59 Å². The summed E-state index contributed by atoms with van der Waals surface area (Å²) in [5.41, 5.74) is 0.674. The van der Waals surface area contributed by atoms with Crippen LogP contribution in [-0.2, 0) is 4.79 Å². The molecule has 1 aromatic rings. The van der Waals surface area contributed by atoms with Crippen molar-refractivity contribution in [1.82, 2.24) is 0 Å². The molecule has 0 aromatic heterocycles. The van der Waals surface area contributed by atoms with Gasteiger partial charge < -0.3 is 9.64 Å². The molecular formula is C16H20ClNO3. The van der Waals surface area contributed by atoms with Gasteiger partial charge in [0.2, 0.25) is 5.91 Å². The second-order valence-electron chi connectivity index (χ2n) is 6.18. The summed E-state index contributed by atoms with van der Waals surface area (Å²) >= 11 is 5.60. The van der Waals surface area contributed by atoms with E-state index >= 15 is 0 Å². The van der Waals surface area contributed by atoms with Crippen molar-refractivity contribution < 1.29 is 14.3 Å². The summed E-state index contributed by atoms with van der Waals surface area (Å²) in [6, 6.07) is 5.11. The third-order valence-corrected chi connectivity index (χ3v) is 3.62. The zero-order chi connectivity index (χ0) is 15.8. The minimum atomic E-state index is -0.463. The second kappa shape index (κ2) is 5.68. The van der Waals surface area contributed by atoms with Crippen molar-refractivity contribution in [3.8, 4) is 5.75 Å². The number of carbonyl (C=O) groups excluding carboxylic acids is 2. The van der Waals surface area contributed by atoms with Gasteiger partial charge in [0.25, 0.3) is 0 Å². The maximum atomic E-state index is 12.5. The summed E-state index contributed by atoms with van der Waals surface area (Å²) in [5.74, 6) is 0.262. The normalized spacial score (nSPS) is 16.4. The zero-order valence-electron chi connectivity index (χ0n) is 12.8. The number of alkyl halides is 1. The largest absolute Gasteiger partial charge is 0.484 e. The Morgan fingerprint density at radius 2 is 2.05 bits per heavy atom. The molecule has 0 unspecified atom stereocenters. The summed E-state index contributed by atoms with van der Waals surface area (Å²) in [4.78, 5) is 25.9. The van der Waals surface area contributed by atoms with Crippen LogP contribution in [0.25, 0.3) is 0 Å². The Bertz CT molecular complexity index is 581. The Hall–Kier alpha value is -1.55. The highest BCUT2D eigenvalue weighted by atomic mass is 35.5. The average Bonchev–Trinajstić information content (AvgIpc) is 2.43. The Labute approximate surface area is 130 Å². The topological polar surface area (TPSA) is 46.6 Å². The third-order valence-electron chi connectivity index (χ3n) is 3.38. The van der Waals surface area contributed by atoms with Crippen molar-refractivity contribution in [2.45, 2.75) is 33.3 Å². The van der Waals surface area contributed by atoms with Crippen molar-refractivity contribution >= 4 is 29.0 Å². The van der Waals surface area contributed by atoms with E-state index in [0.717, 1.165) is 0 Å². The fraction of sp³-hybridized carbons (Fsp3) is 0.500. The molecule has 114 valence electrons. The summed E-state index contributed by atoms with van der Waals surface area (Å²) in [6.07, 6.45) is 0. The fourth-order valence-corrected chi connectivity index (χ4v) is 2.52. The van der Waals surface area contributed by atoms with E-state index in [1.807, 2.05) is 27.7 Å². The summed E-state index contributed by atoms with van der Waals surface area (Å²) < 4.78 is 5.91. The first-order valence-electron chi connectivity index (χ1n) is 6.99. The Balaban J connectivity index is 2.50. The number of amides is 1. The van der Waals surface area contributed by atoms with Crippen molar-refractivity contribution in [3.63, 3.8) is 0 Å². The van der Waals surface area contributed by atoms with Crippen LogP contribution in [0.3, 0.4) is 0 Å². The number of ketones is 1. The molecular weight excluding hydrogens is 290 g/mol. The SMILES string of the molecule is CC(C)C(=O)N1CC(C)(C)Oc2ccc(C(=O)CCl)cc21. The van der Waals surface area contributed by atoms with E-state index in [4.69, 9.17) is 16.3 Å². The first kappa shape index (κ1) is 15.8. The van der Waals surface area contributed by atoms with E-state index < -0.39 is 5.60 Å². The van der Waals surface area contributed by atoms with Crippen LogP contribution in [0.2, 0.25) is 0 Å². The Morgan fingerprint density at radius 3 is 2.62 bits per heavy atom. The van der Waals surface area contributed by atoms with Gasteiger partial charge in [0.15, 0.2) is 5.78 Å². The molecule has 1 aliphatic rings. The highest BCUT2D eigenvalue weighted by molar-refractivity contribution is 6.30. The van der Waals surface area contributed by atoms with Gasteiger partial charge in [0, 0.05) is 11.5 Å². The molecule has 0 atom stereocenters. The standard InChI is InChI=1S/C16H20ClNO3/c1-10(2)15(20)18-9-16(3,4)21-14-6-5-11(7-12(14)18)13(19)8-17/h5-7,10H,8-9H2,1-4H3. The van der Waals surface area contributed by atoms with Gasteiger partial charge in [-0.05, 0) is 32.0 Å². The predicted octanol–water partition coefficient (Wildman–Crippen LogP) is 3.27. The lowest BCUT2D eigenvalue weighted by Gasteiger charge is -2.40. The van der Waals surface area contributed by atoms with Crippen LogP contribution in [0.1, 0.15) is 38.1 Å². The molecule has 0 N–H and O–H groups in total. The summed E-state index contributed by atoms with van der Waals surface area (Å²) in [6.45, 7) is 8.05. The van der Waals surface area contributed by atoms with Crippen LogP contribution >= 0.6 is 11.6 Å². The van der Waals surface area contributed by atoms with E-state index in [9.17, 15) is 9.59 Å². The Kier molecular flexibility index (Phi) is 4.28. The number of rotatable bonds is 3. The smallest absolute Gasteiger partial charge is 0.229 e. The number of anilines is 1. The number of fused-ring (bicyclic) bond motifs is 1. The highest BCUT2D eigenvalue weighted by Gasteiger charge is 2.35. The Morgan fingerprint density at radius 1 is 1.38 bits per heavy atom. The number of benzene rings is 1. The predicted molar refractivity (Wildman–Crippen MR) is 83.4 cm³/mol. The molecule has 5 heteroatoms. The number of hydrogen-bond donors (Lipinski definition) is 0. The molecule has 1 aliphatic heterocycles. The lowest BCUT2D eigenvalue weighted by molar-refractivity contribution is -0.122. The van der Waals surface area contributed by atoms with Crippen LogP contribution < -0.4 is 9.64 Å². The fourth-order valence-electron chi connectivity index (χ4n) is 2.37. The maximum Gasteiger partial charge on any atom is 0.229 e. The number of nitrogens with zero attached hydrogens (tertiary/aromatic N) is 1. The van der Waals surface area contributed by atoms with Crippen LogP contribution in [0.4, 0.5) is 5.69 Å². The summed E-state index contributed by atoms with van der Waals surface area (Å²) in [7, 11) is 0. The number of Topliss-reactive ketones (excluding diaryl/α,β-unsaturated/α-hetero) is 1. The van der Waals surface area contributed by atoms with Gasteiger partial charge >= 0.3 is 0 Å². The molecule has 0 spiro atoms. The molecule has 0 radical (unpaired) electrons. The third kappa shape index (κ3) is 3.21. The summed E-state index contributed by atoms with van der Waals surface area (Å²) in [5, 5.41) is 0. The molecule has 0 saturated heterocycles. The monoisotopic (exact) mass is 309 g/mol. The van der Waals surface area contributed by atoms with Gasteiger partial charge in [-0.1, -0.05) is 13.8 Å². The van der Waals surface area contributed by atoms with Crippen molar-refractivity contribution in [3.05, 3.63) is 23.8 Å². The van der Waals surface area contributed by atoms with E-state index in [-0.39, 0.29) is 23.5 Å². The molecule has 0 fully saturated rings. The van der Waals surface area contributed by atoms with Crippen molar-refractivity contribution in [2.24, 2.45) is 5.92 Å². The first-order valence-corrected chi connectivity index (χ1v) is 7.52. The maximum absolute atomic E-state index is 12.5. The quantitative estimate of drug-likeness (QED) is 0.636. The molecule has 1 heterocycles. The molecule has 0 saturated carbocycles. The molecule has 1 amide bonds. The van der Waals surface area contributed by atoms with Crippen molar-refractivity contribution in [2.75, 3.05) is 17.3 Å². The lowest BCUT2D eigenvalue weighted by Crippen LogP contribution is -2.50. The zero-order valence-corrected chi connectivity index (χ0v) is 13.5. The van der Waals surface area contributed by atoms with Crippen LogP contribution in [0.15, 0.2) is 18.2 Å². The van der Waals surface area contributed by atoms with E-state index in [0.29, 0.717) is 23.5 Å². The average molecular weight is 310 g/mol. The van der Waals surface area contributed by atoms with Gasteiger partial charge in [-0.15, -0.1) is 11.6 Å². The number of halogens is 1. The van der Waals surface area contributed by atoms with E-state index in [1.165, 1.54) is 0 Å². The van der Waals surface area contributed by atoms with Gasteiger partial charge in [-0.2, -0.15) is 0 Å². The molecule has 0 aliphatic carbocycles. The first-order chi connectivity index (χ1) is 9.75. The minimum Gasteiger partial charge on any atom is -0.484 e. The molecule has 0 bridgehead atoms. The van der Waals surface area contributed by atoms with Gasteiger partial charge in [0.05, 0.1) is 18.1 Å². The molecule has 1 aromatic carbocycles. The molecule has 4 nitrogen and oxygen atoms in total. The van der Waals surface area contributed by atoms with Gasteiger partial charge in [0.1, 0.15) is 11.4 Å². The minimum absolute atomic E-state index is 0.0168. The second-order valence-corrected chi connectivity index (χ2v) is 6.45. The van der Waals surface area contributed by atoms with Crippen molar-refractivity contribution in [1.29, 1.82) is 0 Å². The lowest BCUT2D eigenvalue weighted by atomic mass is 10.0. The van der Waals surface area contributed by atoms with Crippen LogP contribution in [-0.4, -0.2) is 29.7 Å². The highest BCUT2D eigenvalue weighted by Crippen LogP contribution is 2.38. The number of ether oxygens (including phenoxy) is 1. The van der Waals surface area contributed by atoms with Crippen LogP contribution in [0.5, 0.6) is 5.75 Å². The molecule has 21 heavy (non-hydrogen) atoms.